The maximum Gasteiger partial charge on any atom is 0.303 e. The molecule has 3 rings (SSSR count). The van der Waals surface area contributed by atoms with Gasteiger partial charge in [0.05, 0.1) is 12.5 Å². The number of amides is 1. The molecule has 1 aliphatic rings. The normalized spacial score (nSPS) is 16.0. The van der Waals surface area contributed by atoms with E-state index in [-0.39, 0.29) is 29.6 Å². The minimum absolute atomic E-state index is 0.0695. The average molecular weight is 397 g/mol. The Kier molecular flexibility index (Phi) is 5.22. The second-order valence-electron chi connectivity index (χ2n) is 6.27. The molecule has 27 heavy (non-hydrogen) atoms. The van der Waals surface area contributed by atoms with Crippen LogP contribution in [-0.4, -0.2) is 31.4 Å². The van der Waals surface area contributed by atoms with Crippen LogP contribution >= 0.6 is 12.2 Å². The van der Waals surface area contributed by atoms with Crippen LogP contribution in [0.5, 0.6) is 0 Å². The van der Waals surface area contributed by atoms with Crippen LogP contribution < -0.4 is 11.2 Å². The molecule has 1 atom stereocenters. The number of nitrogen functional groups attached to an aromatic ring is 1. The number of carbonyl (C=O) groups is 2. The molecule has 1 aromatic carbocycles. The summed E-state index contributed by atoms with van der Waals surface area (Å²) in [7, 11) is 0. The van der Waals surface area contributed by atoms with Gasteiger partial charge in [0.2, 0.25) is 16.6 Å². The van der Waals surface area contributed by atoms with Crippen LogP contribution in [0, 0.1) is 16.4 Å². The average Bonchev–Trinajstić information content (AvgIpc) is 2.87. The largest absolute Gasteiger partial charge is 0.481 e. The van der Waals surface area contributed by atoms with E-state index in [4.69, 9.17) is 23.1 Å². The number of nitrogens with two attached hydrogens (primary N) is 1. The highest BCUT2D eigenvalue weighted by Crippen LogP contribution is 2.31. The van der Waals surface area contributed by atoms with Crippen molar-refractivity contribution in [1.29, 1.82) is 0 Å². The van der Waals surface area contributed by atoms with E-state index in [0.29, 0.717) is 30.4 Å². The van der Waals surface area contributed by atoms with Crippen molar-refractivity contribution in [2.45, 2.75) is 38.1 Å². The van der Waals surface area contributed by atoms with Crippen molar-refractivity contribution in [3.8, 4) is 0 Å². The number of carboxylic acid groups (broad SMARTS) is 1. The molecule has 0 radical (unpaired) electrons. The quantitative estimate of drug-likeness (QED) is 0.664. The van der Waals surface area contributed by atoms with Gasteiger partial charge in [0, 0.05) is 12.5 Å². The molecular weight excluding hydrogens is 380 g/mol. The van der Waals surface area contributed by atoms with Gasteiger partial charge in [0.25, 0.3) is 0 Å². The Morgan fingerprint density at radius 3 is 2.81 bits per heavy atom. The van der Waals surface area contributed by atoms with Crippen LogP contribution in [-0.2, 0) is 22.4 Å². The number of anilines is 1. The highest BCUT2D eigenvalue weighted by atomic mass is 32.1. The van der Waals surface area contributed by atoms with Crippen LogP contribution in [0.2, 0.25) is 0 Å². The SMILES string of the molecule is Nc1nn(C2CCc3c(F)cc(F)cc3C2)c(=S)n1NC(=O)CCC(=O)O. The van der Waals surface area contributed by atoms with Gasteiger partial charge < -0.3 is 10.8 Å². The Hall–Kier alpha value is -2.82. The third-order valence-electron chi connectivity index (χ3n) is 4.41. The van der Waals surface area contributed by atoms with E-state index in [2.05, 4.69) is 10.5 Å². The van der Waals surface area contributed by atoms with Crippen molar-refractivity contribution in [3.63, 3.8) is 0 Å². The van der Waals surface area contributed by atoms with Gasteiger partial charge in [0.1, 0.15) is 11.6 Å². The molecule has 1 amide bonds. The van der Waals surface area contributed by atoms with Crippen molar-refractivity contribution in [2.24, 2.45) is 0 Å². The Bertz CT molecular complexity index is 972. The first-order valence-electron chi connectivity index (χ1n) is 8.21. The summed E-state index contributed by atoms with van der Waals surface area (Å²) < 4.78 is 30.0. The summed E-state index contributed by atoms with van der Waals surface area (Å²) in [5, 5.41) is 12.8. The number of halogens is 2. The molecule has 0 aliphatic heterocycles. The minimum atomic E-state index is -1.10. The second kappa shape index (κ2) is 7.43. The van der Waals surface area contributed by atoms with Crippen LogP contribution in [0.4, 0.5) is 14.7 Å². The first kappa shape index (κ1) is 19.0. The van der Waals surface area contributed by atoms with E-state index in [1.807, 2.05) is 0 Å². The first-order valence-corrected chi connectivity index (χ1v) is 8.62. The van der Waals surface area contributed by atoms with Crippen LogP contribution in [0.25, 0.3) is 0 Å². The molecule has 1 heterocycles. The molecule has 2 aromatic rings. The monoisotopic (exact) mass is 397 g/mol. The summed E-state index contributed by atoms with van der Waals surface area (Å²) in [6.45, 7) is 0. The summed E-state index contributed by atoms with van der Waals surface area (Å²) in [4.78, 5) is 22.4. The fourth-order valence-electron chi connectivity index (χ4n) is 3.14. The lowest BCUT2D eigenvalue weighted by Crippen LogP contribution is -2.25. The van der Waals surface area contributed by atoms with Gasteiger partial charge in [-0.2, -0.15) is 4.68 Å². The Labute approximate surface area is 157 Å². The number of aromatic nitrogens is 3. The molecule has 4 N–H and O–H groups in total. The van der Waals surface area contributed by atoms with Crippen LogP contribution in [0.15, 0.2) is 12.1 Å². The van der Waals surface area contributed by atoms with Crippen molar-refractivity contribution in [2.75, 3.05) is 11.2 Å². The van der Waals surface area contributed by atoms with Gasteiger partial charge in [0.15, 0.2) is 0 Å². The van der Waals surface area contributed by atoms with E-state index in [9.17, 15) is 18.4 Å². The molecule has 0 spiro atoms. The fourth-order valence-corrected chi connectivity index (χ4v) is 3.47. The van der Waals surface area contributed by atoms with Gasteiger partial charge >= 0.3 is 5.97 Å². The molecule has 144 valence electrons. The van der Waals surface area contributed by atoms with Gasteiger partial charge in [-0.25, -0.2) is 13.5 Å². The molecule has 1 unspecified atom stereocenters. The Balaban J connectivity index is 1.81. The molecule has 0 saturated heterocycles. The highest BCUT2D eigenvalue weighted by molar-refractivity contribution is 7.71. The van der Waals surface area contributed by atoms with E-state index in [1.54, 1.807) is 0 Å². The number of benzene rings is 1. The van der Waals surface area contributed by atoms with E-state index in [0.717, 1.165) is 10.7 Å². The van der Waals surface area contributed by atoms with Gasteiger partial charge in [-0.1, -0.05) is 0 Å². The topological polar surface area (TPSA) is 115 Å². The number of nitrogens with zero attached hydrogens (tertiary/aromatic N) is 3. The third-order valence-corrected chi connectivity index (χ3v) is 4.78. The number of hydrogen-bond acceptors (Lipinski definition) is 5. The lowest BCUT2D eigenvalue weighted by Gasteiger charge is -2.25. The standard InChI is InChI=1S/C16H17F2N5O3S/c17-9-5-8-6-10(1-2-11(8)12(18)7-9)22-16(27)23(15(19)21-22)20-13(24)3-4-14(25)26/h5,7,10H,1-4,6H2,(H2,19,21)(H,20,24)(H,25,26). The predicted octanol–water partition coefficient (Wildman–Crippen LogP) is 1.94. The van der Waals surface area contributed by atoms with E-state index < -0.39 is 23.5 Å². The number of nitrogens with one attached hydrogen (secondary N) is 1. The van der Waals surface area contributed by atoms with Crippen molar-refractivity contribution in [1.82, 2.24) is 14.5 Å². The number of carboxylic acids is 1. The number of carbonyl (C=O) groups excluding carboxylic acids is 1. The Morgan fingerprint density at radius 2 is 2.11 bits per heavy atom. The number of hydrogen-bond donors (Lipinski definition) is 3. The maximum atomic E-state index is 13.9. The lowest BCUT2D eigenvalue weighted by molar-refractivity contribution is -0.138. The number of aliphatic carboxylic acids is 1. The summed E-state index contributed by atoms with van der Waals surface area (Å²) in [6.07, 6.45) is 0.668. The highest BCUT2D eigenvalue weighted by Gasteiger charge is 2.26. The zero-order chi connectivity index (χ0) is 19.7. The first-order chi connectivity index (χ1) is 12.8. The molecule has 1 aromatic heterocycles. The molecule has 0 saturated carbocycles. The van der Waals surface area contributed by atoms with Crippen LogP contribution in [0.3, 0.4) is 0 Å². The lowest BCUT2D eigenvalue weighted by atomic mass is 9.88. The van der Waals surface area contributed by atoms with Gasteiger partial charge in [-0.3, -0.25) is 15.0 Å². The smallest absolute Gasteiger partial charge is 0.303 e. The second-order valence-corrected chi connectivity index (χ2v) is 6.64. The minimum Gasteiger partial charge on any atom is -0.481 e. The summed E-state index contributed by atoms with van der Waals surface area (Å²) in [5.41, 5.74) is 9.25. The maximum absolute atomic E-state index is 13.9. The fraction of sp³-hybridized carbons (Fsp3) is 0.375. The van der Waals surface area contributed by atoms with Crippen molar-refractivity contribution >= 4 is 30.0 Å². The van der Waals surface area contributed by atoms with Crippen molar-refractivity contribution in [3.05, 3.63) is 39.7 Å². The van der Waals surface area contributed by atoms with E-state index in [1.165, 1.54) is 10.7 Å². The zero-order valence-corrected chi connectivity index (χ0v) is 14.9. The molecule has 0 bridgehead atoms. The summed E-state index contributed by atoms with van der Waals surface area (Å²) >= 11 is 5.30. The molecular formula is C16H17F2N5O3S. The molecule has 1 aliphatic carbocycles. The summed E-state index contributed by atoms with van der Waals surface area (Å²) in [6, 6.07) is 1.89. The number of fused-ring (bicyclic) bond motifs is 1. The van der Waals surface area contributed by atoms with Crippen LogP contribution in [0.1, 0.15) is 36.4 Å². The van der Waals surface area contributed by atoms with Gasteiger partial charge in [-0.15, -0.1) is 5.10 Å². The summed E-state index contributed by atoms with van der Waals surface area (Å²) in [5.74, 6) is -2.95. The van der Waals surface area contributed by atoms with Crippen molar-refractivity contribution < 1.29 is 23.5 Å². The third kappa shape index (κ3) is 3.97. The molecule has 11 heteroatoms. The van der Waals surface area contributed by atoms with Gasteiger partial charge in [-0.05, 0) is 48.7 Å². The Morgan fingerprint density at radius 1 is 1.37 bits per heavy atom. The molecule has 8 nitrogen and oxygen atoms in total. The zero-order valence-electron chi connectivity index (χ0n) is 14.1. The number of rotatable bonds is 5. The molecule has 0 fully saturated rings. The predicted molar refractivity (Wildman–Crippen MR) is 94.1 cm³/mol. The van der Waals surface area contributed by atoms with E-state index >= 15 is 0 Å².